The number of aromatic nitrogens is 1. The fraction of sp³-hybridized carbons (Fsp3) is 0.179. The summed E-state index contributed by atoms with van der Waals surface area (Å²) >= 11 is 8.70. The molecule has 1 atom stereocenters. The lowest BCUT2D eigenvalue weighted by Crippen LogP contribution is -2.32. The summed E-state index contributed by atoms with van der Waals surface area (Å²) in [4.78, 5) is 17.0. The minimum absolute atomic E-state index is 0.193. The van der Waals surface area contributed by atoms with Crippen LogP contribution in [0.4, 0.5) is 5.69 Å². The molecule has 0 bridgehead atoms. The number of benzene rings is 3. The average Bonchev–Trinajstić information content (AvgIpc) is 3.31. The zero-order valence-electron chi connectivity index (χ0n) is 20.2. The monoisotopic (exact) mass is 563 g/mol. The van der Waals surface area contributed by atoms with E-state index in [2.05, 4.69) is 57.5 Å². The number of ether oxygens (including phenoxy) is 1. The van der Waals surface area contributed by atoms with Crippen LogP contribution in [-0.2, 0) is 4.79 Å². The number of carbonyl (C=O) groups excluding carboxylic acids is 1. The molecule has 4 rings (SSSR count). The zero-order valence-corrected chi connectivity index (χ0v) is 22.6. The van der Waals surface area contributed by atoms with Gasteiger partial charge in [0, 0.05) is 27.4 Å². The van der Waals surface area contributed by atoms with Crippen molar-refractivity contribution in [1.82, 2.24) is 10.3 Å². The first-order chi connectivity index (χ1) is 17.4. The molecule has 0 aliphatic carbocycles. The lowest BCUT2D eigenvalue weighted by Gasteiger charge is -2.09. The van der Waals surface area contributed by atoms with Crippen LogP contribution in [0.15, 0.2) is 75.6 Å². The van der Waals surface area contributed by atoms with Gasteiger partial charge in [-0.05, 0) is 90.8 Å². The molecule has 0 fully saturated rings. The SMILES string of the molecule is CC[C@H](C)c1ccc2oc(-c3ccc(NC(=S)NC(=O)/C=C/c4cc(Br)ccc4OC)cc3)nc2c1. The number of amides is 1. The molecule has 0 aliphatic rings. The van der Waals surface area contributed by atoms with E-state index in [1.807, 2.05) is 48.5 Å². The van der Waals surface area contributed by atoms with E-state index in [1.165, 1.54) is 11.6 Å². The smallest absolute Gasteiger partial charge is 0.250 e. The van der Waals surface area contributed by atoms with Crippen LogP contribution >= 0.6 is 28.1 Å². The van der Waals surface area contributed by atoms with E-state index >= 15 is 0 Å². The Morgan fingerprint density at radius 1 is 1.17 bits per heavy atom. The van der Waals surface area contributed by atoms with Gasteiger partial charge in [0.1, 0.15) is 11.3 Å². The first-order valence-electron chi connectivity index (χ1n) is 11.5. The summed E-state index contributed by atoms with van der Waals surface area (Å²) in [5.74, 6) is 1.34. The summed E-state index contributed by atoms with van der Waals surface area (Å²) in [7, 11) is 1.58. The van der Waals surface area contributed by atoms with E-state index in [9.17, 15) is 4.79 Å². The van der Waals surface area contributed by atoms with Gasteiger partial charge < -0.3 is 14.5 Å². The number of methoxy groups -OCH3 is 1. The second kappa shape index (κ2) is 11.5. The number of hydrogen-bond donors (Lipinski definition) is 2. The van der Waals surface area contributed by atoms with Gasteiger partial charge in [-0.25, -0.2) is 4.98 Å². The van der Waals surface area contributed by atoms with E-state index in [4.69, 9.17) is 21.4 Å². The Bertz CT molecular complexity index is 1430. The standard InChI is InChI=1S/C28H26BrN3O3S/c1-4-17(2)19-7-12-25-23(16-19)31-27(35-25)18-5-10-22(11-6-18)30-28(36)32-26(33)14-8-20-15-21(29)9-13-24(20)34-3/h5-17H,4H2,1-3H3,(H2,30,32,33,36)/b14-8+/t17-/m0/s1. The van der Waals surface area contributed by atoms with Crippen LogP contribution in [-0.4, -0.2) is 23.1 Å². The van der Waals surface area contributed by atoms with Crippen LogP contribution < -0.4 is 15.4 Å². The minimum Gasteiger partial charge on any atom is -0.496 e. The number of hydrogen-bond acceptors (Lipinski definition) is 5. The molecule has 8 heteroatoms. The fourth-order valence-corrected chi connectivity index (χ4v) is 4.22. The highest BCUT2D eigenvalue weighted by Gasteiger charge is 2.11. The van der Waals surface area contributed by atoms with E-state index in [1.54, 1.807) is 13.2 Å². The Labute approximate surface area is 223 Å². The number of oxazole rings is 1. The Kier molecular flexibility index (Phi) is 8.18. The third-order valence-corrected chi connectivity index (χ3v) is 6.52. The van der Waals surface area contributed by atoms with Crippen LogP contribution in [0.5, 0.6) is 5.75 Å². The highest BCUT2D eigenvalue weighted by atomic mass is 79.9. The van der Waals surface area contributed by atoms with E-state index in [-0.39, 0.29) is 11.0 Å². The average molecular weight is 565 g/mol. The number of thiocarbonyl (C=S) groups is 1. The van der Waals surface area contributed by atoms with Gasteiger partial charge in [-0.15, -0.1) is 0 Å². The van der Waals surface area contributed by atoms with Crippen molar-refractivity contribution in [1.29, 1.82) is 0 Å². The van der Waals surface area contributed by atoms with Gasteiger partial charge >= 0.3 is 0 Å². The molecular weight excluding hydrogens is 538 g/mol. The summed E-state index contributed by atoms with van der Waals surface area (Å²) in [6.45, 7) is 4.38. The number of rotatable bonds is 7. The highest BCUT2D eigenvalue weighted by molar-refractivity contribution is 9.10. The molecule has 0 aliphatic heterocycles. The van der Waals surface area contributed by atoms with Gasteiger partial charge in [-0.3, -0.25) is 10.1 Å². The number of carbonyl (C=O) groups is 1. The Morgan fingerprint density at radius 3 is 2.67 bits per heavy atom. The van der Waals surface area contributed by atoms with Gasteiger partial charge in [0.05, 0.1) is 7.11 Å². The van der Waals surface area contributed by atoms with Crippen molar-refractivity contribution in [3.05, 3.63) is 82.3 Å². The number of nitrogens with zero attached hydrogens (tertiary/aromatic N) is 1. The van der Waals surface area contributed by atoms with Gasteiger partial charge in [0.25, 0.3) is 0 Å². The van der Waals surface area contributed by atoms with Crippen LogP contribution in [0.1, 0.15) is 37.3 Å². The molecular formula is C28H26BrN3O3S. The van der Waals surface area contributed by atoms with Gasteiger partial charge in [-0.2, -0.15) is 0 Å². The van der Waals surface area contributed by atoms with Crippen molar-refractivity contribution in [3.8, 4) is 17.2 Å². The molecule has 0 unspecified atom stereocenters. The van der Waals surface area contributed by atoms with Crippen LogP contribution in [0.3, 0.4) is 0 Å². The lowest BCUT2D eigenvalue weighted by molar-refractivity contribution is -0.115. The van der Waals surface area contributed by atoms with Crippen molar-refractivity contribution >= 4 is 62.0 Å². The molecule has 0 saturated heterocycles. The molecule has 3 aromatic carbocycles. The Hall–Kier alpha value is -3.49. The maximum absolute atomic E-state index is 12.3. The highest BCUT2D eigenvalue weighted by Crippen LogP contribution is 2.28. The normalized spacial score (nSPS) is 12.0. The predicted octanol–water partition coefficient (Wildman–Crippen LogP) is 7.31. The van der Waals surface area contributed by atoms with E-state index in [0.717, 1.165) is 38.8 Å². The summed E-state index contributed by atoms with van der Waals surface area (Å²) in [5.41, 5.74) is 5.22. The molecule has 0 saturated carbocycles. The first kappa shape index (κ1) is 25.6. The quantitative estimate of drug-likeness (QED) is 0.181. The third-order valence-electron chi connectivity index (χ3n) is 5.83. The van der Waals surface area contributed by atoms with Crippen molar-refractivity contribution in [3.63, 3.8) is 0 Å². The molecule has 184 valence electrons. The number of anilines is 1. The lowest BCUT2D eigenvalue weighted by atomic mass is 9.98. The largest absolute Gasteiger partial charge is 0.496 e. The van der Waals surface area contributed by atoms with Crippen molar-refractivity contribution in [2.24, 2.45) is 0 Å². The maximum Gasteiger partial charge on any atom is 0.250 e. The summed E-state index contributed by atoms with van der Waals surface area (Å²) in [6.07, 6.45) is 4.15. The minimum atomic E-state index is -0.352. The van der Waals surface area contributed by atoms with Crippen molar-refractivity contribution in [2.75, 3.05) is 12.4 Å². The maximum atomic E-state index is 12.3. The summed E-state index contributed by atoms with van der Waals surface area (Å²) in [6, 6.07) is 19.2. The van der Waals surface area contributed by atoms with Crippen molar-refractivity contribution < 1.29 is 13.9 Å². The topological polar surface area (TPSA) is 76.4 Å². The second-order valence-corrected chi connectivity index (χ2v) is 9.62. The van der Waals surface area contributed by atoms with Gasteiger partial charge in [0.2, 0.25) is 11.8 Å². The molecule has 1 aromatic heterocycles. The number of nitrogens with one attached hydrogen (secondary N) is 2. The number of fused-ring (bicyclic) bond motifs is 1. The van der Waals surface area contributed by atoms with Crippen LogP contribution in [0.2, 0.25) is 0 Å². The molecule has 0 radical (unpaired) electrons. The third kappa shape index (κ3) is 6.19. The number of halogens is 1. The van der Waals surface area contributed by atoms with Crippen molar-refractivity contribution in [2.45, 2.75) is 26.2 Å². The Morgan fingerprint density at radius 2 is 1.94 bits per heavy atom. The van der Waals surface area contributed by atoms with Crippen LogP contribution in [0, 0.1) is 0 Å². The van der Waals surface area contributed by atoms with Crippen LogP contribution in [0.25, 0.3) is 28.6 Å². The van der Waals surface area contributed by atoms with E-state index < -0.39 is 0 Å². The second-order valence-electron chi connectivity index (χ2n) is 8.30. The predicted molar refractivity (Wildman–Crippen MR) is 152 cm³/mol. The molecule has 2 N–H and O–H groups in total. The Balaban J connectivity index is 1.38. The molecule has 36 heavy (non-hydrogen) atoms. The van der Waals surface area contributed by atoms with Gasteiger partial charge in [0.15, 0.2) is 10.7 Å². The molecule has 6 nitrogen and oxygen atoms in total. The molecule has 4 aromatic rings. The molecule has 1 amide bonds. The zero-order chi connectivity index (χ0) is 25.7. The van der Waals surface area contributed by atoms with E-state index in [0.29, 0.717) is 17.6 Å². The summed E-state index contributed by atoms with van der Waals surface area (Å²) < 4.78 is 12.2. The molecule has 1 heterocycles. The molecule has 0 spiro atoms. The fourth-order valence-electron chi connectivity index (χ4n) is 3.62. The first-order valence-corrected chi connectivity index (χ1v) is 12.7. The van der Waals surface area contributed by atoms with Gasteiger partial charge in [-0.1, -0.05) is 35.8 Å². The summed E-state index contributed by atoms with van der Waals surface area (Å²) in [5, 5.41) is 5.85.